The van der Waals surface area contributed by atoms with Gasteiger partial charge in [-0.1, -0.05) is 6.07 Å². The van der Waals surface area contributed by atoms with Gasteiger partial charge in [-0.3, -0.25) is 4.98 Å². The second-order valence-electron chi connectivity index (χ2n) is 5.87. The summed E-state index contributed by atoms with van der Waals surface area (Å²) in [5.74, 6) is 0. The van der Waals surface area contributed by atoms with Gasteiger partial charge >= 0.3 is 7.12 Å². The Morgan fingerprint density at radius 1 is 1.05 bits per heavy atom. The van der Waals surface area contributed by atoms with E-state index in [1.807, 2.05) is 23.7 Å². The summed E-state index contributed by atoms with van der Waals surface area (Å²) in [5.41, 5.74) is 2.81. The van der Waals surface area contributed by atoms with Crippen LogP contribution in [0.25, 0.3) is 11.4 Å². The summed E-state index contributed by atoms with van der Waals surface area (Å²) in [4.78, 5) is 8.78. The van der Waals surface area contributed by atoms with Crippen LogP contribution in [0.4, 0.5) is 0 Å². The van der Waals surface area contributed by atoms with Gasteiger partial charge < -0.3 is 9.31 Å². The first-order valence-corrected chi connectivity index (χ1v) is 7.49. The Balaban J connectivity index is 1.96. The van der Waals surface area contributed by atoms with Crippen molar-refractivity contribution in [1.82, 2.24) is 9.97 Å². The standard InChI is InChI=1S/C14H17BN2O2S/c1-13(2)14(3,4)19-15(18-13)12-11(17-9-20-12)10-7-5-6-8-16-10/h5-9H,1-4H3. The second-order valence-corrected chi connectivity index (χ2v) is 6.75. The number of hydrogen-bond donors (Lipinski definition) is 0. The first-order valence-electron chi connectivity index (χ1n) is 6.61. The quantitative estimate of drug-likeness (QED) is 0.796. The van der Waals surface area contributed by atoms with Crippen molar-refractivity contribution in [2.75, 3.05) is 0 Å². The van der Waals surface area contributed by atoms with Crippen molar-refractivity contribution in [1.29, 1.82) is 0 Å². The van der Waals surface area contributed by atoms with Crippen molar-refractivity contribution in [2.24, 2.45) is 0 Å². The summed E-state index contributed by atoms with van der Waals surface area (Å²) >= 11 is 1.54. The van der Waals surface area contributed by atoms with Crippen LogP contribution in [-0.4, -0.2) is 28.3 Å². The number of aromatic nitrogens is 2. The van der Waals surface area contributed by atoms with Crippen molar-refractivity contribution < 1.29 is 9.31 Å². The van der Waals surface area contributed by atoms with E-state index in [1.165, 1.54) is 0 Å². The Kier molecular flexibility index (Phi) is 3.19. The Bertz CT molecular complexity index is 597. The Hall–Kier alpha value is -1.24. The molecule has 3 rings (SSSR count). The molecule has 0 N–H and O–H groups in total. The van der Waals surface area contributed by atoms with Crippen molar-refractivity contribution >= 4 is 23.2 Å². The number of pyridine rings is 1. The lowest BCUT2D eigenvalue weighted by molar-refractivity contribution is 0.00578. The van der Waals surface area contributed by atoms with Crippen LogP contribution in [0.1, 0.15) is 27.7 Å². The van der Waals surface area contributed by atoms with Gasteiger partial charge in [-0.25, -0.2) is 4.98 Å². The van der Waals surface area contributed by atoms with Crippen LogP contribution in [0, 0.1) is 0 Å². The van der Waals surface area contributed by atoms with E-state index in [2.05, 4.69) is 37.7 Å². The van der Waals surface area contributed by atoms with Crippen LogP contribution >= 0.6 is 11.3 Å². The highest BCUT2D eigenvalue weighted by Crippen LogP contribution is 2.37. The maximum atomic E-state index is 6.09. The fourth-order valence-electron chi connectivity index (χ4n) is 2.07. The lowest BCUT2D eigenvalue weighted by Crippen LogP contribution is -2.41. The molecular formula is C14H17BN2O2S. The fraction of sp³-hybridized carbons (Fsp3) is 0.429. The van der Waals surface area contributed by atoms with Crippen LogP contribution in [0.15, 0.2) is 29.9 Å². The molecule has 2 aromatic rings. The maximum Gasteiger partial charge on any atom is 0.507 e. The van der Waals surface area contributed by atoms with E-state index in [0.717, 1.165) is 16.2 Å². The SMILES string of the molecule is CC1(C)OB(c2scnc2-c2ccccn2)OC1(C)C. The van der Waals surface area contributed by atoms with Crippen molar-refractivity contribution in [3.8, 4) is 11.4 Å². The van der Waals surface area contributed by atoms with Gasteiger partial charge in [0.2, 0.25) is 0 Å². The third-order valence-electron chi connectivity index (χ3n) is 3.97. The zero-order valence-electron chi connectivity index (χ0n) is 12.1. The summed E-state index contributed by atoms with van der Waals surface area (Å²) in [5, 5.41) is 0. The Labute approximate surface area is 123 Å². The highest BCUT2D eigenvalue weighted by atomic mass is 32.1. The zero-order valence-corrected chi connectivity index (χ0v) is 12.9. The number of rotatable bonds is 2. The minimum atomic E-state index is -0.385. The molecule has 0 amide bonds. The predicted molar refractivity (Wildman–Crippen MR) is 81.1 cm³/mol. The molecule has 20 heavy (non-hydrogen) atoms. The molecule has 1 saturated heterocycles. The van der Waals surface area contributed by atoms with E-state index >= 15 is 0 Å². The summed E-state index contributed by atoms with van der Waals surface area (Å²) in [6.45, 7) is 8.20. The van der Waals surface area contributed by atoms with Gasteiger partial charge in [0.1, 0.15) is 0 Å². The van der Waals surface area contributed by atoms with Crippen LogP contribution in [0.2, 0.25) is 0 Å². The van der Waals surface area contributed by atoms with E-state index in [4.69, 9.17) is 9.31 Å². The van der Waals surface area contributed by atoms with Crippen LogP contribution in [0.5, 0.6) is 0 Å². The Morgan fingerprint density at radius 2 is 1.75 bits per heavy atom. The van der Waals surface area contributed by atoms with E-state index < -0.39 is 0 Å². The van der Waals surface area contributed by atoms with Gasteiger partial charge in [0.15, 0.2) is 0 Å². The van der Waals surface area contributed by atoms with Crippen LogP contribution in [-0.2, 0) is 9.31 Å². The molecule has 1 aliphatic heterocycles. The first kappa shape index (κ1) is 13.7. The molecule has 2 aromatic heterocycles. The van der Waals surface area contributed by atoms with Crippen molar-refractivity contribution in [2.45, 2.75) is 38.9 Å². The van der Waals surface area contributed by atoms with Gasteiger partial charge in [0.25, 0.3) is 0 Å². The molecule has 0 aromatic carbocycles. The van der Waals surface area contributed by atoms with E-state index in [1.54, 1.807) is 17.5 Å². The maximum absolute atomic E-state index is 6.09. The lowest BCUT2D eigenvalue weighted by atomic mass is 9.85. The minimum Gasteiger partial charge on any atom is -0.399 e. The first-order chi connectivity index (χ1) is 9.41. The van der Waals surface area contributed by atoms with E-state index in [9.17, 15) is 0 Å². The molecule has 0 spiro atoms. The molecule has 0 saturated carbocycles. The monoisotopic (exact) mass is 288 g/mol. The third-order valence-corrected chi connectivity index (χ3v) is 4.82. The second kappa shape index (κ2) is 4.65. The minimum absolute atomic E-state index is 0.344. The molecule has 104 valence electrons. The molecule has 0 aliphatic carbocycles. The highest BCUT2D eigenvalue weighted by Gasteiger charge is 2.53. The highest BCUT2D eigenvalue weighted by molar-refractivity contribution is 7.21. The van der Waals surface area contributed by atoms with Gasteiger partial charge in [-0.05, 0) is 39.8 Å². The average molecular weight is 288 g/mol. The number of nitrogens with zero attached hydrogens (tertiary/aromatic N) is 2. The summed E-state index contributed by atoms with van der Waals surface area (Å²) in [7, 11) is -0.385. The largest absolute Gasteiger partial charge is 0.507 e. The molecule has 0 radical (unpaired) electrons. The van der Waals surface area contributed by atoms with E-state index in [0.29, 0.717) is 0 Å². The lowest BCUT2D eigenvalue weighted by Gasteiger charge is -2.32. The zero-order chi connectivity index (χ0) is 14.4. The molecule has 1 aliphatic rings. The summed E-state index contributed by atoms with van der Waals surface area (Å²) in [6.07, 6.45) is 1.77. The van der Waals surface area contributed by atoms with Gasteiger partial charge in [-0.2, -0.15) is 0 Å². The Morgan fingerprint density at radius 3 is 2.35 bits per heavy atom. The fourth-order valence-corrected chi connectivity index (χ4v) is 2.82. The van der Waals surface area contributed by atoms with Gasteiger partial charge in [-0.15, -0.1) is 11.3 Å². The molecular weight excluding hydrogens is 271 g/mol. The van der Waals surface area contributed by atoms with Gasteiger partial charge in [0, 0.05) is 6.20 Å². The van der Waals surface area contributed by atoms with Crippen LogP contribution < -0.4 is 4.78 Å². The molecule has 0 unspecified atom stereocenters. The molecule has 3 heterocycles. The molecule has 1 fully saturated rings. The molecule has 0 atom stereocenters. The molecule has 6 heteroatoms. The van der Waals surface area contributed by atoms with E-state index in [-0.39, 0.29) is 18.3 Å². The normalized spacial score (nSPS) is 20.3. The molecule has 0 bridgehead atoms. The van der Waals surface area contributed by atoms with Crippen molar-refractivity contribution in [3.05, 3.63) is 29.9 Å². The van der Waals surface area contributed by atoms with Crippen molar-refractivity contribution in [3.63, 3.8) is 0 Å². The topological polar surface area (TPSA) is 44.2 Å². The molecule has 4 nitrogen and oxygen atoms in total. The van der Waals surface area contributed by atoms with Gasteiger partial charge in [0.05, 0.1) is 32.9 Å². The average Bonchev–Trinajstić information content (AvgIpc) is 2.94. The summed E-state index contributed by atoms with van der Waals surface area (Å²) < 4.78 is 13.2. The summed E-state index contributed by atoms with van der Waals surface area (Å²) in [6, 6.07) is 5.80. The van der Waals surface area contributed by atoms with Crippen LogP contribution in [0.3, 0.4) is 0 Å². The number of hydrogen-bond acceptors (Lipinski definition) is 5. The third kappa shape index (κ3) is 2.18. The number of thiazole rings is 1. The predicted octanol–water partition coefficient (Wildman–Crippen LogP) is 2.50. The smallest absolute Gasteiger partial charge is 0.399 e.